The number of ether oxygens (including phenoxy) is 1. The maximum absolute atomic E-state index is 9.17. The van der Waals surface area contributed by atoms with Crippen LogP contribution in [0.25, 0.3) is 10.4 Å². The molecule has 0 heterocycles. The molecule has 22 heavy (non-hydrogen) atoms. The second-order valence-electron chi connectivity index (χ2n) is 4.51. The van der Waals surface area contributed by atoms with Gasteiger partial charge in [-0.1, -0.05) is 47.0 Å². The van der Waals surface area contributed by atoms with Gasteiger partial charge in [-0.3, -0.25) is 0 Å². The molecule has 2 aromatic rings. The molecule has 0 aliphatic carbocycles. The summed E-state index contributed by atoms with van der Waals surface area (Å²) in [6.07, 6.45) is 0.183. The fourth-order valence-corrected chi connectivity index (χ4v) is 2.18. The topological polar surface area (TPSA) is 81.8 Å². The minimum atomic E-state index is -0.322. The van der Waals surface area contributed by atoms with Gasteiger partial charge in [-0.2, -0.15) is 5.26 Å². The first-order valence-electron chi connectivity index (χ1n) is 6.66. The minimum absolute atomic E-state index is 0.304. The Morgan fingerprint density at radius 2 is 2.05 bits per heavy atom. The van der Waals surface area contributed by atoms with E-state index in [-0.39, 0.29) is 6.10 Å². The van der Waals surface area contributed by atoms with E-state index in [0.717, 1.165) is 5.56 Å². The van der Waals surface area contributed by atoms with Crippen LogP contribution in [-0.2, 0) is 0 Å². The molecular formula is C16H13ClN4O. The second-order valence-corrected chi connectivity index (χ2v) is 4.95. The Morgan fingerprint density at radius 1 is 1.27 bits per heavy atom. The van der Waals surface area contributed by atoms with Gasteiger partial charge >= 0.3 is 0 Å². The van der Waals surface area contributed by atoms with Crippen LogP contribution < -0.4 is 4.74 Å². The van der Waals surface area contributed by atoms with Crippen molar-refractivity contribution in [2.75, 3.05) is 6.54 Å². The summed E-state index contributed by atoms with van der Waals surface area (Å²) in [4.78, 5) is 2.75. The van der Waals surface area contributed by atoms with Crippen molar-refractivity contribution in [3.05, 3.63) is 75.1 Å². The molecule has 0 bridgehead atoms. The van der Waals surface area contributed by atoms with Crippen LogP contribution in [0.3, 0.4) is 0 Å². The SMILES string of the molecule is N#Cc1ccc(Cl)cc1OC(CCN=[N+]=[N-])c1ccccc1. The Bertz CT molecular complexity index is 721. The number of halogens is 1. The Labute approximate surface area is 133 Å². The molecule has 2 aromatic carbocycles. The standard InChI is InChI=1S/C16H13ClN4O/c17-14-7-6-13(11-18)16(10-14)22-15(8-9-20-21-19)12-4-2-1-3-5-12/h1-7,10,15H,8-9H2. The number of hydrogen-bond donors (Lipinski definition) is 0. The molecule has 2 rings (SSSR count). The maximum atomic E-state index is 9.17. The zero-order valence-corrected chi connectivity index (χ0v) is 12.4. The van der Waals surface area contributed by atoms with Crippen LogP contribution in [0.4, 0.5) is 0 Å². The van der Waals surface area contributed by atoms with Gasteiger partial charge in [-0.15, -0.1) is 0 Å². The Balaban J connectivity index is 2.28. The summed E-state index contributed by atoms with van der Waals surface area (Å²) in [5.74, 6) is 0.421. The first-order valence-corrected chi connectivity index (χ1v) is 7.04. The lowest BCUT2D eigenvalue weighted by atomic mass is 10.1. The molecule has 1 unspecified atom stereocenters. The van der Waals surface area contributed by atoms with Crippen molar-refractivity contribution in [3.63, 3.8) is 0 Å². The van der Waals surface area contributed by atoms with E-state index < -0.39 is 0 Å². The largest absolute Gasteiger partial charge is 0.484 e. The zero-order valence-electron chi connectivity index (χ0n) is 11.7. The van der Waals surface area contributed by atoms with Gasteiger partial charge in [0, 0.05) is 22.5 Å². The van der Waals surface area contributed by atoms with E-state index in [2.05, 4.69) is 16.1 Å². The summed E-state index contributed by atoms with van der Waals surface area (Å²) < 4.78 is 5.96. The van der Waals surface area contributed by atoms with Crippen molar-refractivity contribution in [2.45, 2.75) is 12.5 Å². The van der Waals surface area contributed by atoms with Gasteiger partial charge in [-0.25, -0.2) is 0 Å². The van der Waals surface area contributed by atoms with Crippen LogP contribution >= 0.6 is 11.6 Å². The molecule has 0 fully saturated rings. The lowest BCUT2D eigenvalue weighted by Gasteiger charge is -2.19. The van der Waals surface area contributed by atoms with Crippen LogP contribution in [0.5, 0.6) is 5.75 Å². The lowest BCUT2D eigenvalue weighted by molar-refractivity contribution is 0.197. The average molecular weight is 313 g/mol. The van der Waals surface area contributed by atoms with Crippen molar-refractivity contribution in [1.29, 1.82) is 5.26 Å². The van der Waals surface area contributed by atoms with E-state index in [1.165, 1.54) is 0 Å². The van der Waals surface area contributed by atoms with Crippen LogP contribution in [0, 0.1) is 11.3 Å². The highest BCUT2D eigenvalue weighted by molar-refractivity contribution is 6.30. The molecular weight excluding hydrogens is 300 g/mol. The molecule has 0 saturated carbocycles. The van der Waals surface area contributed by atoms with E-state index in [4.69, 9.17) is 27.1 Å². The van der Waals surface area contributed by atoms with E-state index in [9.17, 15) is 0 Å². The summed E-state index contributed by atoms with van der Waals surface area (Å²) in [5.41, 5.74) is 9.77. The summed E-state index contributed by atoms with van der Waals surface area (Å²) in [6, 6.07) is 16.5. The third kappa shape index (κ3) is 4.16. The average Bonchev–Trinajstić information content (AvgIpc) is 2.55. The van der Waals surface area contributed by atoms with E-state index >= 15 is 0 Å². The molecule has 1 atom stereocenters. The molecule has 0 aliphatic heterocycles. The van der Waals surface area contributed by atoms with Crippen molar-refractivity contribution < 1.29 is 4.74 Å². The van der Waals surface area contributed by atoms with E-state index in [1.807, 2.05) is 30.3 Å². The molecule has 0 amide bonds. The molecule has 0 spiro atoms. The minimum Gasteiger partial charge on any atom is -0.484 e. The Morgan fingerprint density at radius 3 is 2.73 bits per heavy atom. The highest BCUT2D eigenvalue weighted by Gasteiger charge is 2.15. The van der Waals surface area contributed by atoms with Crippen molar-refractivity contribution >= 4 is 11.6 Å². The maximum Gasteiger partial charge on any atom is 0.139 e. The first kappa shape index (κ1) is 15.7. The van der Waals surface area contributed by atoms with Crippen LogP contribution in [0.15, 0.2) is 53.6 Å². The molecule has 0 saturated heterocycles. The van der Waals surface area contributed by atoms with Gasteiger partial charge in [-0.05, 0) is 29.6 Å². The van der Waals surface area contributed by atoms with Crippen LogP contribution in [0.2, 0.25) is 5.02 Å². The van der Waals surface area contributed by atoms with Crippen molar-refractivity contribution in [3.8, 4) is 11.8 Å². The summed E-state index contributed by atoms with van der Waals surface area (Å²) in [7, 11) is 0. The monoisotopic (exact) mass is 312 g/mol. The molecule has 0 radical (unpaired) electrons. The van der Waals surface area contributed by atoms with Gasteiger partial charge in [0.15, 0.2) is 0 Å². The molecule has 0 aliphatic rings. The lowest BCUT2D eigenvalue weighted by Crippen LogP contribution is -2.10. The summed E-state index contributed by atoms with van der Waals surface area (Å²) in [5, 5.41) is 13.2. The normalized spacial score (nSPS) is 11.1. The Hall–Kier alpha value is -2.67. The number of nitrogens with zero attached hydrogens (tertiary/aromatic N) is 4. The third-order valence-corrected chi connectivity index (χ3v) is 3.29. The number of rotatable bonds is 6. The predicted molar refractivity (Wildman–Crippen MR) is 84.6 cm³/mol. The second kappa shape index (κ2) is 7.94. The van der Waals surface area contributed by atoms with Crippen molar-refractivity contribution in [2.24, 2.45) is 5.11 Å². The van der Waals surface area contributed by atoms with Gasteiger partial charge in [0.25, 0.3) is 0 Å². The van der Waals surface area contributed by atoms with Gasteiger partial charge in [0.1, 0.15) is 17.9 Å². The number of nitriles is 1. The molecule has 0 aromatic heterocycles. The Kier molecular flexibility index (Phi) is 5.67. The number of azide groups is 1. The smallest absolute Gasteiger partial charge is 0.139 e. The van der Waals surface area contributed by atoms with Crippen molar-refractivity contribution in [1.82, 2.24) is 0 Å². The molecule has 5 nitrogen and oxygen atoms in total. The van der Waals surface area contributed by atoms with E-state index in [0.29, 0.717) is 29.3 Å². The number of benzene rings is 2. The fourth-order valence-electron chi connectivity index (χ4n) is 2.02. The third-order valence-electron chi connectivity index (χ3n) is 3.06. The summed E-state index contributed by atoms with van der Waals surface area (Å²) >= 11 is 5.97. The van der Waals surface area contributed by atoms with Gasteiger partial charge in [0.2, 0.25) is 0 Å². The first-order chi connectivity index (χ1) is 10.7. The van der Waals surface area contributed by atoms with Crippen LogP contribution in [-0.4, -0.2) is 6.54 Å². The highest BCUT2D eigenvalue weighted by Crippen LogP contribution is 2.29. The van der Waals surface area contributed by atoms with E-state index in [1.54, 1.807) is 18.2 Å². The highest BCUT2D eigenvalue weighted by atomic mass is 35.5. The van der Waals surface area contributed by atoms with Gasteiger partial charge in [0.05, 0.1) is 5.56 Å². The summed E-state index contributed by atoms with van der Waals surface area (Å²) in [6.45, 7) is 0.304. The van der Waals surface area contributed by atoms with Crippen LogP contribution in [0.1, 0.15) is 23.7 Å². The quantitative estimate of drug-likeness (QED) is 0.425. The number of hydrogen-bond acceptors (Lipinski definition) is 3. The van der Waals surface area contributed by atoms with Gasteiger partial charge < -0.3 is 4.74 Å². The molecule has 110 valence electrons. The molecule has 0 N–H and O–H groups in total. The fraction of sp³-hybridized carbons (Fsp3) is 0.188. The predicted octanol–water partition coefficient (Wildman–Crippen LogP) is 5.03. The molecule has 6 heteroatoms. The zero-order chi connectivity index (χ0) is 15.8.